The van der Waals surface area contributed by atoms with Gasteiger partial charge in [0.05, 0.1) is 10.9 Å². The second kappa shape index (κ2) is 6.87. The van der Waals surface area contributed by atoms with Gasteiger partial charge in [-0.05, 0) is 31.9 Å². The van der Waals surface area contributed by atoms with Crippen LogP contribution in [0.1, 0.15) is 35.0 Å². The monoisotopic (exact) mass is 363 g/mol. The van der Waals surface area contributed by atoms with Crippen LogP contribution in [0.5, 0.6) is 0 Å². The number of hydrogen-bond acceptors (Lipinski definition) is 5. The van der Waals surface area contributed by atoms with Crippen LogP contribution in [0.4, 0.5) is 5.69 Å². The molecule has 1 aromatic carbocycles. The van der Waals surface area contributed by atoms with Crippen LogP contribution in [0.2, 0.25) is 0 Å². The summed E-state index contributed by atoms with van der Waals surface area (Å²) < 4.78 is 33.3. The third kappa shape index (κ3) is 3.84. The number of carbonyl (C=O) groups excluding carboxylic acids is 1. The van der Waals surface area contributed by atoms with E-state index in [9.17, 15) is 13.2 Å². The van der Waals surface area contributed by atoms with E-state index in [0.29, 0.717) is 36.7 Å². The number of hydrogen-bond donors (Lipinski definition) is 1. The van der Waals surface area contributed by atoms with Crippen LogP contribution in [0.3, 0.4) is 0 Å². The number of piperidine rings is 1. The van der Waals surface area contributed by atoms with Crippen molar-refractivity contribution in [1.82, 2.24) is 9.88 Å². The molecule has 0 saturated carbocycles. The summed E-state index contributed by atoms with van der Waals surface area (Å²) in [5, 5.41) is -0.658. The molecule has 3 rings (SSSR count). The number of oxazole rings is 1. The average molecular weight is 363 g/mol. The first-order valence-corrected chi connectivity index (χ1v) is 9.71. The second-order valence-electron chi connectivity index (χ2n) is 6.18. The van der Waals surface area contributed by atoms with Crippen molar-refractivity contribution in [1.29, 1.82) is 0 Å². The van der Waals surface area contributed by atoms with Crippen LogP contribution in [0, 0.1) is 13.8 Å². The predicted molar refractivity (Wildman–Crippen MR) is 93.9 cm³/mol. The van der Waals surface area contributed by atoms with Gasteiger partial charge in [0.25, 0.3) is 5.91 Å². The van der Waals surface area contributed by atoms with E-state index in [2.05, 4.69) is 9.71 Å². The second-order valence-corrected chi connectivity index (χ2v) is 8.14. The number of likely N-dealkylation sites (tertiary alicyclic amines) is 1. The Balaban J connectivity index is 1.74. The third-order valence-electron chi connectivity index (χ3n) is 4.24. The minimum Gasteiger partial charge on any atom is -0.436 e. The van der Waals surface area contributed by atoms with Gasteiger partial charge < -0.3 is 9.32 Å². The van der Waals surface area contributed by atoms with E-state index in [4.69, 9.17) is 4.42 Å². The molecule has 8 heteroatoms. The molecule has 1 aliphatic rings. The number of aromatic nitrogens is 1. The fraction of sp³-hybridized carbons (Fsp3) is 0.412. The molecule has 2 heterocycles. The Morgan fingerprint density at radius 2 is 2.00 bits per heavy atom. The SMILES string of the molecule is Cc1nc(C)c(C(=O)N2CCCC(S(=O)(=O)Nc3ccccc3)C2)o1. The van der Waals surface area contributed by atoms with Crippen LogP contribution in [-0.2, 0) is 10.0 Å². The van der Waals surface area contributed by atoms with E-state index in [0.717, 1.165) is 0 Å². The first kappa shape index (κ1) is 17.5. The Hall–Kier alpha value is -2.35. The highest BCUT2D eigenvalue weighted by Gasteiger charge is 2.34. The van der Waals surface area contributed by atoms with E-state index >= 15 is 0 Å². The quantitative estimate of drug-likeness (QED) is 0.900. The summed E-state index contributed by atoms with van der Waals surface area (Å²) in [7, 11) is -3.58. The Morgan fingerprint density at radius 1 is 1.28 bits per heavy atom. The van der Waals surface area contributed by atoms with Crippen LogP contribution in [-0.4, -0.2) is 42.5 Å². The molecule has 1 saturated heterocycles. The molecule has 0 spiro atoms. The lowest BCUT2D eigenvalue weighted by Crippen LogP contribution is -2.46. The molecule has 1 N–H and O–H groups in total. The van der Waals surface area contributed by atoms with Gasteiger partial charge in [0.2, 0.25) is 15.8 Å². The van der Waals surface area contributed by atoms with Crippen LogP contribution < -0.4 is 4.72 Å². The number of carbonyl (C=O) groups is 1. The van der Waals surface area contributed by atoms with E-state index < -0.39 is 15.3 Å². The fourth-order valence-electron chi connectivity index (χ4n) is 3.00. The van der Waals surface area contributed by atoms with Gasteiger partial charge in [-0.3, -0.25) is 9.52 Å². The molecule has 2 aromatic rings. The Kier molecular flexibility index (Phi) is 4.80. The van der Waals surface area contributed by atoms with Crippen molar-refractivity contribution in [3.05, 3.63) is 47.7 Å². The summed E-state index contributed by atoms with van der Waals surface area (Å²) in [4.78, 5) is 18.3. The van der Waals surface area contributed by atoms with Gasteiger partial charge in [0, 0.05) is 25.7 Å². The molecule has 1 aromatic heterocycles. The minimum atomic E-state index is -3.58. The molecule has 1 atom stereocenters. The van der Waals surface area contributed by atoms with Crippen LogP contribution in [0.15, 0.2) is 34.7 Å². The van der Waals surface area contributed by atoms with E-state index in [1.807, 2.05) is 6.07 Å². The lowest BCUT2D eigenvalue weighted by molar-refractivity contribution is 0.0692. The Bertz CT molecular complexity index is 861. The molecular formula is C17H21N3O4S. The third-order valence-corrected chi connectivity index (χ3v) is 6.02. The lowest BCUT2D eigenvalue weighted by atomic mass is 10.1. The summed E-state index contributed by atoms with van der Waals surface area (Å²) in [6.45, 7) is 4.03. The van der Waals surface area contributed by atoms with Crippen LogP contribution in [0.25, 0.3) is 0 Å². The summed E-state index contributed by atoms with van der Waals surface area (Å²) in [6, 6.07) is 8.75. The van der Waals surface area contributed by atoms with Gasteiger partial charge in [0.15, 0.2) is 5.89 Å². The minimum absolute atomic E-state index is 0.139. The van der Waals surface area contributed by atoms with Gasteiger partial charge in [0.1, 0.15) is 0 Å². The topological polar surface area (TPSA) is 92.5 Å². The molecule has 134 valence electrons. The summed E-state index contributed by atoms with van der Waals surface area (Å²) in [5.74, 6) is 0.303. The number of nitrogens with zero attached hydrogens (tertiary/aromatic N) is 2. The van der Waals surface area contributed by atoms with Crippen LogP contribution >= 0.6 is 0 Å². The fourth-order valence-corrected chi connectivity index (χ4v) is 4.49. The van der Waals surface area contributed by atoms with E-state index in [-0.39, 0.29) is 18.2 Å². The number of amides is 1. The number of para-hydroxylation sites is 1. The maximum Gasteiger partial charge on any atom is 0.291 e. The Morgan fingerprint density at radius 3 is 2.64 bits per heavy atom. The Labute approximate surface area is 147 Å². The van der Waals surface area contributed by atoms with Crippen molar-refractivity contribution in [2.45, 2.75) is 31.9 Å². The summed E-state index contributed by atoms with van der Waals surface area (Å²) in [5.41, 5.74) is 1.04. The largest absolute Gasteiger partial charge is 0.436 e. The molecule has 1 aliphatic heterocycles. The molecule has 1 fully saturated rings. The first-order chi connectivity index (χ1) is 11.9. The standard InChI is InChI=1S/C17H21N3O4S/c1-12-16(24-13(2)18-12)17(21)20-10-6-9-15(11-20)25(22,23)19-14-7-4-3-5-8-14/h3-5,7-8,15,19H,6,9-11H2,1-2H3. The number of rotatable bonds is 4. The highest BCUT2D eigenvalue weighted by molar-refractivity contribution is 7.93. The molecule has 0 radical (unpaired) electrons. The molecule has 0 bridgehead atoms. The zero-order chi connectivity index (χ0) is 18.0. The number of sulfonamides is 1. The van der Waals surface area contributed by atoms with Crippen molar-refractivity contribution in [2.24, 2.45) is 0 Å². The molecular weight excluding hydrogens is 342 g/mol. The number of nitrogens with one attached hydrogen (secondary N) is 1. The molecule has 0 aliphatic carbocycles. The zero-order valence-corrected chi connectivity index (χ0v) is 15.0. The van der Waals surface area contributed by atoms with Crippen molar-refractivity contribution in [3.63, 3.8) is 0 Å². The number of anilines is 1. The molecule has 1 amide bonds. The van der Waals surface area contributed by atoms with Gasteiger partial charge in [-0.2, -0.15) is 0 Å². The van der Waals surface area contributed by atoms with Gasteiger partial charge in [-0.1, -0.05) is 18.2 Å². The number of benzene rings is 1. The molecule has 1 unspecified atom stereocenters. The lowest BCUT2D eigenvalue weighted by Gasteiger charge is -2.32. The smallest absolute Gasteiger partial charge is 0.291 e. The highest BCUT2D eigenvalue weighted by atomic mass is 32.2. The van der Waals surface area contributed by atoms with Gasteiger partial charge >= 0.3 is 0 Å². The molecule has 7 nitrogen and oxygen atoms in total. The van der Waals surface area contributed by atoms with Crippen molar-refractivity contribution in [3.8, 4) is 0 Å². The average Bonchev–Trinajstić information content (AvgIpc) is 2.93. The summed E-state index contributed by atoms with van der Waals surface area (Å²) in [6.07, 6.45) is 1.14. The normalized spacial score (nSPS) is 18.2. The van der Waals surface area contributed by atoms with Gasteiger partial charge in [-0.15, -0.1) is 0 Å². The van der Waals surface area contributed by atoms with Crippen molar-refractivity contribution < 1.29 is 17.6 Å². The first-order valence-electron chi connectivity index (χ1n) is 8.17. The summed E-state index contributed by atoms with van der Waals surface area (Å²) >= 11 is 0. The van der Waals surface area contributed by atoms with Crippen molar-refractivity contribution in [2.75, 3.05) is 17.8 Å². The van der Waals surface area contributed by atoms with E-state index in [1.54, 1.807) is 38.1 Å². The zero-order valence-electron chi connectivity index (χ0n) is 14.2. The number of aryl methyl sites for hydroxylation is 2. The maximum atomic E-state index is 12.6. The maximum absolute atomic E-state index is 12.6. The molecule has 25 heavy (non-hydrogen) atoms. The predicted octanol–water partition coefficient (Wildman–Crippen LogP) is 2.34. The van der Waals surface area contributed by atoms with Gasteiger partial charge in [-0.25, -0.2) is 13.4 Å². The highest BCUT2D eigenvalue weighted by Crippen LogP contribution is 2.22. The van der Waals surface area contributed by atoms with Crippen molar-refractivity contribution >= 4 is 21.6 Å². The van der Waals surface area contributed by atoms with E-state index in [1.165, 1.54) is 4.90 Å².